The van der Waals surface area contributed by atoms with Crippen LogP contribution in [-0.2, 0) is 4.74 Å². The fourth-order valence-electron chi connectivity index (χ4n) is 1.52. The van der Waals surface area contributed by atoms with Crippen LogP contribution in [0.5, 0.6) is 0 Å². The Hall–Kier alpha value is -1.37. The highest BCUT2D eigenvalue weighted by Crippen LogP contribution is 2.22. The number of benzene rings is 1. The van der Waals surface area contributed by atoms with E-state index < -0.39 is 29.8 Å². The molecule has 112 valence electrons. The normalized spacial score (nSPS) is 13.2. The van der Waals surface area contributed by atoms with E-state index in [0.29, 0.717) is 0 Å². The van der Waals surface area contributed by atoms with Crippen LogP contribution in [0.25, 0.3) is 0 Å². The molecule has 1 aromatic carbocycles. The van der Waals surface area contributed by atoms with Gasteiger partial charge in [-0.15, -0.1) is 0 Å². The van der Waals surface area contributed by atoms with Gasteiger partial charge in [-0.05, 0) is 44.5 Å². The predicted molar refractivity (Wildman–Crippen MR) is 71.7 cm³/mol. The summed E-state index contributed by atoms with van der Waals surface area (Å²) in [5.41, 5.74) is -0.620. The number of aliphatic hydroxyl groups excluding tert-OH is 1. The Kier molecular flexibility index (Phi) is 5.33. The molecule has 0 bridgehead atoms. The minimum atomic E-state index is -1.93. The topological polar surface area (TPSA) is 78.8 Å². The number of aliphatic hydroxyl groups is 2. The highest BCUT2D eigenvalue weighted by molar-refractivity contribution is 6.30. The van der Waals surface area contributed by atoms with Crippen molar-refractivity contribution in [1.29, 1.82) is 0 Å². The fraction of sp³-hybridized carbons (Fsp3) is 0.462. The molecule has 0 aliphatic rings. The average Bonchev–Trinajstić information content (AvgIpc) is 2.21. The second-order valence-corrected chi connectivity index (χ2v) is 5.68. The maximum Gasteiger partial charge on any atom is 0.408 e. The molecule has 1 atom stereocenters. The number of hydrogen-bond acceptors (Lipinski definition) is 4. The van der Waals surface area contributed by atoms with Crippen LogP contribution < -0.4 is 5.32 Å². The van der Waals surface area contributed by atoms with Crippen molar-refractivity contribution >= 4 is 17.7 Å². The van der Waals surface area contributed by atoms with Crippen LogP contribution in [0.3, 0.4) is 0 Å². The summed E-state index contributed by atoms with van der Waals surface area (Å²) < 4.78 is 18.3. The highest BCUT2D eigenvalue weighted by Gasteiger charge is 2.25. The van der Waals surface area contributed by atoms with Gasteiger partial charge in [0.1, 0.15) is 17.5 Å². The predicted octanol–water partition coefficient (Wildman–Crippen LogP) is 2.36. The lowest BCUT2D eigenvalue weighted by atomic mass is 10.1. The molecule has 0 aromatic heterocycles. The first-order valence-electron chi connectivity index (χ1n) is 5.90. The number of alkyl carbamates (subject to hydrolysis) is 1. The van der Waals surface area contributed by atoms with E-state index in [0.717, 1.165) is 12.1 Å². The van der Waals surface area contributed by atoms with Gasteiger partial charge in [-0.3, -0.25) is 0 Å². The maximum atomic E-state index is 13.3. The molecule has 0 saturated carbocycles. The second-order valence-electron chi connectivity index (χ2n) is 5.24. The van der Waals surface area contributed by atoms with Gasteiger partial charge in [-0.2, -0.15) is 0 Å². The molecule has 1 rings (SSSR count). The van der Waals surface area contributed by atoms with Crippen molar-refractivity contribution in [2.75, 3.05) is 0 Å². The third-order valence-corrected chi connectivity index (χ3v) is 2.43. The molecule has 0 fully saturated rings. The number of halogens is 2. The minimum Gasteiger partial charge on any atom is -0.444 e. The van der Waals surface area contributed by atoms with Crippen molar-refractivity contribution in [1.82, 2.24) is 5.32 Å². The second kappa shape index (κ2) is 6.39. The monoisotopic (exact) mass is 305 g/mol. The summed E-state index contributed by atoms with van der Waals surface area (Å²) in [6.07, 6.45) is -2.78. The number of carbonyl (C=O) groups excluding carboxylic acids is 1. The van der Waals surface area contributed by atoms with E-state index in [1.165, 1.54) is 6.07 Å². The van der Waals surface area contributed by atoms with Gasteiger partial charge < -0.3 is 20.3 Å². The molecule has 0 unspecified atom stereocenters. The molecule has 0 radical (unpaired) electrons. The van der Waals surface area contributed by atoms with Gasteiger partial charge in [0, 0.05) is 5.02 Å². The SMILES string of the molecule is CC(C)(C)OC(=O)N[C@@H](c1cc(F)cc(Cl)c1)C(O)O. The maximum absolute atomic E-state index is 13.3. The molecule has 5 nitrogen and oxygen atoms in total. The number of ether oxygens (including phenoxy) is 1. The van der Waals surface area contributed by atoms with Crippen molar-refractivity contribution in [3.05, 3.63) is 34.6 Å². The van der Waals surface area contributed by atoms with Crippen molar-refractivity contribution in [3.8, 4) is 0 Å². The molecule has 3 N–H and O–H groups in total. The van der Waals surface area contributed by atoms with E-state index in [-0.39, 0.29) is 10.6 Å². The van der Waals surface area contributed by atoms with E-state index in [2.05, 4.69) is 5.32 Å². The van der Waals surface area contributed by atoms with Gasteiger partial charge in [0.2, 0.25) is 0 Å². The van der Waals surface area contributed by atoms with Crippen molar-refractivity contribution in [2.45, 2.75) is 38.7 Å². The van der Waals surface area contributed by atoms with E-state index >= 15 is 0 Å². The number of hydrogen-bond donors (Lipinski definition) is 3. The van der Waals surface area contributed by atoms with E-state index in [1.54, 1.807) is 20.8 Å². The first kappa shape index (κ1) is 16.7. The van der Waals surface area contributed by atoms with E-state index in [4.69, 9.17) is 16.3 Å². The Bertz CT molecular complexity index is 467. The van der Waals surface area contributed by atoms with Gasteiger partial charge in [0.15, 0.2) is 6.29 Å². The summed E-state index contributed by atoms with van der Waals surface area (Å²) in [5, 5.41) is 21.0. The number of nitrogens with one attached hydrogen (secondary N) is 1. The Morgan fingerprint density at radius 1 is 1.35 bits per heavy atom. The Morgan fingerprint density at radius 2 is 1.95 bits per heavy atom. The molecule has 0 aliphatic carbocycles. The summed E-state index contributed by atoms with van der Waals surface area (Å²) in [7, 11) is 0. The standard InChI is InChI=1S/C13H17ClFNO4/c1-13(2,3)20-12(19)16-10(11(17)18)7-4-8(14)6-9(15)5-7/h4-6,10-11,17-18H,1-3H3,(H,16,19)/t10-/m0/s1. The summed E-state index contributed by atoms with van der Waals surface area (Å²) in [5.74, 6) is -0.649. The van der Waals surface area contributed by atoms with Gasteiger partial charge in [-0.25, -0.2) is 9.18 Å². The number of amides is 1. The molecule has 7 heteroatoms. The van der Waals surface area contributed by atoms with Crippen LogP contribution in [0.15, 0.2) is 18.2 Å². The molecule has 1 amide bonds. The summed E-state index contributed by atoms with van der Waals surface area (Å²) in [6, 6.07) is 2.19. The van der Waals surface area contributed by atoms with Crippen molar-refractivity contribution in [3.63, 3.8) is 0 Å². The van der Waals surface area contributed by atoms with Crippen LogP contribution in [0.1, 0.15) is 32.4 Å². The van der Waals surface area contributed by atoms with Gasteiger partial charge in [0.25, 0.3) is 0 Å². The Labute approximate surface area is 121 Å². The fourth-order valence-corrected chi connectivity index (χ4v) is 1.75. The Balaban J connectivity index is 2.92. The molecule has 1 aromatic rings. The molecular weight excluding hydrogens is 289 g/mol. The molecular formula is C13H17ClFNO4. The van der Waals surface area contributed by atoms with Crippen LogP contribution in [0.4, 0.5) is 9.18 Å². The van der Waals surface area contributed by atoms with Crippen LogP contribution in [0.2, 0.25) is 5.02 Å². The summed E-state index contributed by atoms with van der Waals surface area (Å²) >= 11 is 5.69. The lowest BCUT2D eigenvalue weighted by molar-refractivity contribution is -0.0694. The lowest BCUT2D eigenvalue weighted by Gasteiger charge is -2.25. The smallest absolute Gasteiger partial charge is 0.408 e. The molecule has 20 heavy (non-hydrogen) atoms. The van der Waals surface area contributed by atoms with Gasteiger partial charge in [-0.1, -0.05) is 11.6 Å². The lowest BCUT2D eigenvalue weighted by Crippen LogP contribution is -2.39. The van der Waals surface area contributed by atoms with Crippen molar-refractivity contribution in [2.24, 2.45) is 0 Å². The van der Waals surface area contributed by atoms with Crippen LogP contribution in [-0.4, -0.2) is 28.2 Å². The first-order chi connectivity index (χ1) is 9.08. The Morgan fingerprint density at radius 3 is 2.40 bits per heavy atom. The molecule has 0 saturated heterocycles. The first-order valence-corrected chi connectivity index (χ1v) is 6.28. The van der Waals surface area contributed by atoms with Crippen LogP contribution in [0, 0.1) is 5.82 Å². The average molecular weight is 306 g/mol. The van der Waals surface area contributed by atoms with Crippen molar-refractivity contribution < 1.29 is 24.1 Å². The third kappa shape index (κ3) is 5.32. The minimum absolute atomic E-state index is 0.0802. The number of carbonyl (C=O) groups is 1. The van der Waals surface area contributed by atoms with Gasteiger partial charge in [0.05, 0.1) is 0 Å². The quantitative estimate of drug-likeness (QED) is 0.749. The largest absolute Gasteiger partial charge is 0.444 e. The molecule has 0 aliphatic heterocycles. The zero-order chi connectivity index (χ0) is 15.5. The molecule has 0 heterocycles. The highest BCUT2D eigenvalue weighted by atomic mass is 35.5. The third-order valence-electron chi connectivity index (χ3n) is 2.21. The van der Waals surface area contributed by atoms with Gasteiger partial charge >= 0.3 is 6.09 Å². The number of rotatable bonds is 3. The van der Waals surface area contributed by atoms with E-state index in [1.807, 2.05) is 0 Å². The van der Waals surface area contributed by atoms with E-state index in [9.17, 15) is 19.4 Å². The summed E-state index contributed by atoms with van der Waals surface area (Å²) in [6.45, 7) is 4.99. The van der Waals surface area contributed by atoms with Crippen LogP contribution >= 0.6 is 11.6 Å². The molecule has 0 spiro atoms. The zero-order valence-corrected chi connectivity index (χ0v) is 12.1. The summed E-state index contributed by atoms with van der Waals surface area (Å²) in [4.78, 5) is 11.6. The zero-order valence-electron chi connectivity index (χ0n) is 11.4.